The van der Waals surface area contributed by atoms with E-state index in [0.29, 0.717) is 32.7 Å². The van der Waals surface area contributed by atoms with Gasteiger partial charge in [-0.25, -0.2) is 0 Å². The number of benzene rings is 2. The number of nitro benzene ring substituents is 1. The lowest BCUT2D eigenvalue weighted by atomic mass is 9.79. The Hall–Kier alpha value is -2.97. The highest BCUT2D eigenvalue weighted by Crippen LogP contribution is 2.36. The number of fused-ring (bicyclic) bond motifs is 1. The Morgan fingerprint density at radius 1 is 1.23 bits per heavy atom. The van der Waals surface area contributed by atoms with Gasteiger partial charge < -0.3 is 20.1 Å². The predicted octanol–water partition coefficient (Wildman–Crippen LogP) is 2.70. The molecule has 4 rings (SSSR count). The van der Waals surface area contributed by atoms with Crippen molar-refractivity contribution in [3.8, 4) is 0 Å². The number of morpholine rings is 1. The molecule has 158 valence electrons. The third-order valence-corrected chi connectivity index (χ3v) is 5.87. The molecule has 0 saturated carbocycles. The number of carbonyl (C=O) groups excluding carboxylic acids is 1. The Kier molecular flexibility index (Phi) is 5.69. The van der Waals surface area contributed by atoms with E-state index >= 15 is 0 Å². The highest BCUT2D eigenvalue weighted by molar-refractivity contribution is 5.95. The van der Waals surface area contributed by atoms with Crippen molar-refractivity contribution in [3.05, 3.63) is 69.3 Å². The van der Waals surface area contributed by atoms with Crippen molar-refractivity contribution in [1.29, 1.82) is 0 Å². The van der Waals surface area contributed by atoms with Crippen molar-refractivity contribution in [2.24, 2.45) is 0 Å². The van der Waals surface area contributed by atoms with Gasteiger partial charge in [0, 0.05) is 31.3 Å². The molecule has 1 aliphatic carbocycles. The summed E-state index contributed by atoms with van der Waals surface area (Å²) < 4.78 is 5.26. The number of anilines is 1. The molecule has 2 aliphatic rings. The number of aryl methyl sites for hydroxylation is 1. The van der Waals surface area contributed by atoms with Crippen molar-refractivity contribution in [2.45, 2.75) is 24.9 Å². The minimum atomic E-state index is -1.09. The molecule has 1 saturated heterocycles. The smallest absolute Gasteiger partial charge is 0.293 e. The summed E-state index contributed by atoms with van der Waals surface area (Å²) in [6.07, 6.45) is 2.35. The molecule has 1 heterocycles. The summed E-state index contributed by atoms with van der Waals surface area (Å²) >= 11 is 0. The molecule has 8 heteroatoms. The standard InChI is InChI=1S/C22H25N3O5/c26-21(24-10-12-30-13-11-24)17-7-8-19(20(14-17)25(28)29)23-15-22(27)9-3-5-16-4-1-2-6-18(16)22/h1-2,4,6-8,14,23,27H,3,5,9-13,15H2. The number of nitrogens with one attached hydrogen (secondary N) is 1. The topological polar surface area (TPSA) is 105 Å². The van der Waals surface area contributed by atoms with Crippen LogP contribution in [0.3, 0.4) is 0 Å². The molecule has 2 aromatic carbocycles. The van der Waals surface area contributed by atoms with Gasteiger partial charge in [-0.3, -0.25) is 14.9 Å². The molecule has 0 aromatic heterocycles. The highest BCUT2D eigenvalue weighted by atomic mass is 16.6. The summed E-state index contributed by atoms with van der Waals surface area (Å²) in [7, 11) is 0. The van der Waals surface area contributed by atoms with Crippen molar-refractivity contribution in [1.82, 2.24) is 4.90 Å². The maximum atomic E-state index is 12.7. The summed E-state index contributed by atoms with van der Waals surface area (Å²) in [5.41, 5.74) is 1.26. The van der Waals surface area contributed by atoms with Gasteiger partial charge in [0.2, 0.25) is 0 Å². The van der Waals surface area contributed by atoms with Gasteiger partial charge in [-0.05, 0) is 42.5 Å². The third kappa shape index (κ3) is 4.01. The molecule has 2 N–H and O–H groups in total. The number of nitrogens with zero attached hydrogens (tertiary/aromatic N) is 2. The van der Waals surface area contributed by atoms with Gasteiger partial charge in [0.05, 0.1) is 18.1 Å². The van der Waals surface area contributed by atoms with Gasteiger partial charge in [0.1, 0.15) is 11.3 Å². The first-order valence-electron chi connectivity index (χ1n) is 10.2. The lowest BCUT2D eigenvalue weighted by Crippen LogP contribution is -2.40. The Bertz CT molecular complexity index is 958. The zero-order valence-electron chi connectivity index (χ0n) is 16.7. The molecular formula is C22H25N3O5. The first kappa shape index (κ1) is 20.3. The van der Waals surface area contributed by atoms with Gasteiger partial charge in [0.25, 0.3) is 11.6 Å². The molecule has 1 unspecified atom stereocenters. The number of aliphatic hydroxyl groups is 1. The zero-order valence-corrected chi connectivity index (χ0v) is 16.7. The van der Waals surface area contributed by atoms with Gasteiger partial charge in [-0.15, -0.1) is 0 Å². The quantitative estimate of drug-likeness (QED) is 0.579. The van der Waals surface area contributed by atoms with Crippen LogP contribution in [-0.2, 0) is 16.8 Å². The van der Waals surface area contributed by atoms with Gasteiger partial charge in [-0.1, -0.05) is 24.3 Å². The van der Waals surface area contributed by atoms with Crippen molar-refractivity contribution in [2.75, 3.05) is 38.2 Å². The summed E-state index contributed by atoms with van der Waals surface area (Å²) in [5, 5.41) is 25.9. The summed E-state index contributed by atoms with van der Waals surface area (Å²) in [6, 6.07) is 12.2. The second-order valence-electron chi connectivity index (χ2n) is 7.79. The number of hydrogen-bond acceptors (Lipinski definition) is 6. The van der Waals surface area contributed by atoms with Crippen molar-refractivity contribution >= 4 is 17.3 Å². The summed E-state index contributed by atoms with van der Waals surface area (Å²) in [4.78, 5) is 25.5. The first-order valence-corrected chi connectivity index (χ1v) is 10.2. The van der Waals surface area contributed by atoms with Crippen molar-refractivity contribution in [3.63, 3.8) is 0 Å². The molecule has 1 aliphatic heterocycles. The lowest BCUT2D eigenvalue weighted by Gasteiger charge is -2.35. The Balaban J connectivity index is 1.55. The molecule has 1 fully saturated rings. The van der Waals surface area contributed by atoms with E-state index < -0.39 is 10.5 Å². The minimum Gasteiger partial charge on any atom is -0.383 e. The highest BCUT2D eigenvalue weighted by Gasteiger charge is 2.34. The van der Waals surface area contributed by atoms with Crippen LogP contribution < -0.4 is 5.32 Å². The van der Waals surface area contributed by atoms with Crippen LogP contribution in [0, 0.1) is 10.1 Å². The number of carbonyl (C=O) groups is 1. The fourth-order valence-corrected chi connectivity index (χ4v) is 4.24. The van der Waals surface area contributed by atoms with Gasteiger partial charge in [0.15, 0.2) is 0 Å². The normalized spacial score (nSPS) is 21.0. The average molecular weight is 411 g/mol. The van der Waals surface area contributed by atoms with Crippen LogP contribution in [0.5, 0.6) is 0 Å². The van der Waals surface area contributed by atoms with Crippen LogP contribution in [0.2, 0.25) is 0 Å². The predicted molar refractivity (Wildman–Crippen MR) is 112 cm³/mol. The molecular weight excluding hydrogens is 386 g/mol. The van der Waals surface area contributed by atoms with E-state index in [2.05, 4.69) is 5.32 Å². The van der Waals surface area contributed by atoms with Gasteiger partial charge >= 0.3 is 0 Å². The molecule has 1 atom stereocenters. The van der Waals surface area contributed by atoms with Crippen molar-refractivity contribution < 1.29 is 19.6 Å². The zero-order chi connectivity index (χ0) is 21.1. The number of hydrogen-bond donors (Lipinski definition) is 2. The Morgan fingerprint density at radius 2 is 2.00 bits per heavy atom. The van der Waals surface area contributed by atoms with E-state index in [1.165, 1.54) is 6.07 Å². The SMILES string of the molecule is O=C(c1ccc(NCC2(O)CCCc3ccccc32)c([N+](=O)[O-])c1)N1CCOCC1. The molecule has 0 radical (unpaired) electrons. The monoisotopic (exact) mass is 411 g/mol. The van der Waals surface area contributed by atoms with E-state index in [0.717, 1.165) is 24.0 Å². The Morgan fingerprint density at radius 3 is 2.77 bits per heavy atom. The molecule has 0 spiro atoms. The van der Waals surface area contributed by atoms with Crippen LogP contribution in [0.1, 0.15) is 34.3 Å². The first-order chi connectivity index (χ1) is 14.5. The second kappa shape index (κ2) is 8.41. The van der Waals surface area contributed by atoms with E-state index in [4.69, 9.17) is 4.74 Å². The second-order valence-corrected chi connectivity index (χ2v) is 7.79. The number of nitro groups is 1. The maximum absolute atomic E-state index is 12.7. The fraction of sp³-hybridized carbons (Fsp3) is 0.409. The van der Waals surface area contributed by atoms with Crippen LogP contribution in [0.25, 0.3) is 0 Å². The van der Waals surface area contributed by atoms with Crippen LogP contribution in [0.4, 0.5) is 11.4 Å². The maximum Gasteiger partial charge on any atom is 0.293 e. The van der Waals surface area contributed by atoms with Crippen LogP contribution >= 0.6 is 0 Å². The van der Waals surface area contributed by atoms with Crippen LogP contribution in [-0.4, -0.2) is 53.7 Å². The lowest BCUT2D eigenvalue weighted by molar-refractivity contribution is -0.384. The van der Waals surface area contributed by atoms with E-state index in [-0.39, 0.29) is 29.4 Å². The number of rotatable bonds is 5. The fourth-order valence-electron chi connectivity index (χ4n) is 4.24. The molecule has 1 amide bonds. The average Bonchev–Trinajstić information content (AvgIpc) is 2.78. The Labute approximate surface area is 174 Å². The molecule has 2 aromatic rings. The summed E-state index contributed by atoms with van der Waals surface area (Å²) in [5.74, 6) is -0.243. The van der Waals surface area contributed by atoms with E-state index in [1.54, 1.807) is 17.0 Å². The number of amides is 1. The molecule has 30 heavy (non-hydrogen) atoms. The van der Waals surface area contributed by atoms with Gasteiger partial charge in [-0.2, -0.15) is 0 Å². The summed E-state index contributed by atoms with van der Waals surface area (Å²) in [6.45, 7) is 2.03. The van der Waals surface area contributed by atoms with Crippen LogP contribution in [0.15, 0.2) is 42.5 Å². The molecule has 8 nitrogen and oxygen atoms in total. The van der Waals surface area contributed by atoms with E-state index in [9.17, 15) is 20.0 Å². The molecule has 0 bridgehead atoms. The largest absolute Gasteiger partial charge is 0.383 e. The minimum absolute atomic E-state index is 0.154. The third-order valence-electron chi connectivity index (χ3n) is 5.87. The number of ether oxygens (including phenoxy) is 1. The van der Waals surface area contributed by atoms with E-state index in [1.807, 2.05) is 24.3 Å².